The summed E-state index contributed by atoms with van der Waals surface area (Å²) in [5.74, 6) is 1.13. The highest BCUT2D eigenvalue weighted by Gasteiger charge is 2.37. The maximum atomic E-state index is 5.56. The van der Waals surface area contributed by atoms with Crippen molar-refractivity contribution in [1.82, 2.24) is 20.6 Å². The number of nitrogens with one attached hydrogen (secondary N) is 2. The molecule has 9 rings (SSSR count). The fourth-order valence-electron chi connectivity index (χ4n) is 7.92. The van der Waals surface area contributed by atoms with E-state index in [4.69, 9.17) is 15.0 Å². The lowest BCUT2D eigenvalue weighted by atomic mass is 9.76. The molecular formula is C45H41N5. The van der Waals surface area contributed by atoms with Gasteiger partial charge in [-0.1, -0.05) is 127 Å². The number of benzene rings is 2. The second-order valence-electron chi connectivity index (χ2n) is 13.8. The highest BCUT2D eigenvalue weighted by molar-refractivity contribution is 6.06. The summed E-state index contributed by atoms with van der Waals surface area (Å²) < 4.78 is 0. The molecule has 1 aromatic heterocycles. The van der Waals surface area contributed by atoms with Crippen molar-refractivity contribution in [3.05, 3.63) is 185 Å². The lowest BCUT2D eigenvalue weighted by molar-refractivity contribution is 0.537. The van der Waals surface area contributed by atoms with E-state index in [0.717, 1.165) is 60.6 Å². The first-order valence-electron chi connectivity index (χ1n) is 18.1. The molecule has 6 aliphatic rings. The molecule has 5 unspecified atom stereocenters. The SMILES string of the molecule is C1=CCCC(c2cc(C3CCC=CN3)nc(C3=CCC(C4=NC5C6=C(C=CC(c7ccccc7)N6)C=CC5C(c5ccccc5)=C4)C=C3)n2)=C1. The fraction of sp³-hybridized carbons (Fsp3) is 0.222. The largest absolute Gasteiger partial charge is 0.383 e. The Morgan fingerprint density at radius 1 is 0.820 bits per heavy atom. The maximum absolute atomic E-state index is 5.56. The summed E-state index contributed by atoms with van der Waals surface area (Å²) in [7, 11) is 0. The summed E-state index contributed by atoms with van der Waals surface area (Å²) in [4.78, 5) is 15.9. The molecule has 3 aliphatic heterocycles. The van der Waals surface area contributed by atoms with Gasteiger partial charge in [0.25, 0.3) is 0 Å². The van der Waals surface area contributed by atoms with Crippen LogP contribution in [0.1, 0.15) is 72.5 Å². The van der Waals surface area contributed by atoms with Gasteiger partial charge >= 0.3 is 0 Å². The van der Waals surface area contributed by atoms with Gasteiger partial charge in [-0.05, 0) is 78.3 Å². The number of aromatic nitrogens is 2. The van der Waals surface area contributed by atoms with E-state index in [2.05, 4.69) is 156 Å². The van der Waals surface area contributed by atoms with E-state index in [1.54, 1.807) is 0 Å². The molecule has 0 radical (unpaired) electrons. The Hall–Kier alpha value is -5.55. The van der Waals surface area contributed by atoms with Crippen molar-refractivity contribution in [1.29, 1.82) is 0 Å². The summed E-state index contributed by atoms with van der Waals surface area (Å²) in [5.41, 5.74) is 11.9. The predicted octanol–water partition coefficient (Wildman–Crippen LogP) is 9.36. The molecule has 4 heterocycles. The van der Waals surface area contributed by atoms with E-state index in [1.807, 2.05) is 0 Å². The zero-order valence-electron chi connectivity index (χ0n) is 28.1. The number of hydrogen-bond donors (Lipinski definition) is 2. The van der Waals surface area contributed by atoms with Crippen LogP contribution in [0.25, 0.3) is 16.7 Å². The van der Waals surface area contributed by atoms with Gasteiger partial charge in [-0.3, -0.25) is 4.99 Å². The Morgan fingerprint density at radius 3 is 2.46 bits per heavy atom. The minimum Gasteiger partial charge on any atom is -0.383 e. The van der Waals surface area contributed by atoms with Crippen LogP contribution < -0.4 is 10.6 Å². The molecule has 0 amide bonds. The lowest BCUT2D eigenvalue weighted by Crippen LogP contribution is -2.38. The summed E-state index contributed by atoms with van der Waals surface area (Å²) in [6.45, 7) is 0. The molecule has 0 fully saturated rings. The van der Waals surface area contributed by atoms with E-state index in [9.17, 15) is 0 Å². The molecule has 2 N–H and O–H groups in total. The van der Waals surface area contributed by atoms with E-state index in [0.29, 0.717) is 0 Å². The van der Waals surface area contributed by atoms with Gasteiger partial charge in [-0.15, -0.1) is 0 Å². The van der Waals surface area contributed by atoms with Crippen molar-refractivity contribution in [3.8, 4) is 0 Å². The van der Waals surface area contributed by atoms with Crippen LogP contribution in [0.4, 0.5) is 0 Å². The number of nitrogens with zero attached hydrogens (tertiary/aromatic N) is 3. The van der Waals surface area contributed by atoms with Crippen molar-refractivity contribution >= 4 is 22.4 Å². The van der Waals surface area contributed by atoms with Crippen LogP contribution in [-0.2, 0) is 0 Å². The molecule has 0 spiro atoms. The zero-order valence-corrected chi connectivity index (χ0v) is 28.1. The third-order valence-corrected chi connectivity index (χ3v) is 10.6. The summed E-state index contributed by atoms with van der Waals surface area (Å²) in [6, 6.07) is 24.0. The Labute approximate surface area is 294 Å². The smallest absolute Gasteiger partial charge is 0.159 e. The number of aliphatic imine (C=N–C) groups is 1. The molecular weight excluding hydrogens is 611 g/mol. The Morgan fingerprint density at radius 2 is 1.68 bits per heavy atom. The van der Waals surface area contributed by atoms with Crippen LogP contribution in [0.5, 0.6) is 0 Å². The molecule has 5 heteroatoms. The van der Waals surface area contributed by atoms with E-state index >= 15 is 0 Å². The van der Waals surface area contributed by atoms with Gasteiger partial charge in [0.15, 0.2) is 5.82 Å². The van der Waals surface area contributed by atoms with E-state index in [-0.39, 0.29) is 30.0 Å². The summed E-state index contributed by atoms with van der Waals surface area (Å²) >= 11 is 0. The van der Waals surface area contributed by atoms with Crippen LogP contribution in [0.3, 0.4) is 0 Å². The number of hydrogen-bond acceptors (Lipinski definition) is 5. The van der Waals surface area contributed by atoms with Gasteiger partial charge in [0, 0.05) is 28.8 Å². The van der Waals surface area contributed by atoms with Gasteiger partial charge in [-0.2, -0.15) is 0 Å². The zero-order chi connectivity index (χ0) is 33.3. The third kappa shape index (κ3) is 5.98. The molecule has 5 atom stereocenters. The van der Waals surface area contributed by atoms with Crippen molar-refractivity contribution in [2.45, 2.75) is 50.2 Å². The second kappa shape index (κ2) is 13.4. The Balaban J connectivity index is 1.04. The Bertz CT molecular complexity index is 2100. The maximum Gasteiger partial charge on any atom is 0.159 e. The van der Waals surface area contributed by atoms with Crippen molar-refractivity contribution in [2.24, 2.45) is 16.8 Å². The highest BCUT2D eigenvalue weighted by Crippen LogP contribution is 2.42. The predicted molar refractivity (Wildman–Crippen MR) is 205 cm³/mol. The molecule has 50 heavy (non-hydrogen) atoms. The van der Waals surface area contributed by atoms with Gasteiger partial charge in [-0.25, -0.2) is 9.97 Å². The van der Waals surface area contributed by atoms with E-state index < -0.39 is 0 Å². The standard InChI is InChI=1S/C45H41N5/c1-4-12-30(13-5-1)37-28-40(48-44-36(37)25-23-34-24-26-38(47-43(34)44)31-14-6-2-7-15-31)33-19-21-35(22-20-33)45-49-41(32-16-8-3-9-17-32)29-42(50-45)39-18-10-11-27-46-39/h1-8,11-16,19,21-29,33,36,38-39,44,46-47H,9-10,17-18,20H2. The van der Waals surface area contributed by atoms with Crippen LogP contribution >= 0.6 is 0 Å². The summed E-state index contributed by atoms with van der Waals surface area (Å²) in [5, 5.41) is 7.44. The molecule has 3 aliphatic carbocycles. The first kappa shape index (κ1) is 30.5. The number of rotatable bonds is 6. The minimum absolute atomic E-state index is 0.0161. The number of allylic oxidation sites excluding steroid dienone is 13. The average molecular weight is 652 g/mol. The number of fused-ring (bicyclic) bond motifs is 2. The molecule has 0 saturated carbocycles. The first-order valence-corrected chi connectivity index (χ1v) is 18.1. The molecule has 5 nitrogen and oxygen atoms in total. The van der Waals surface area contributed by atoms with Gasteiger partial charge < -0.3 is 10.6 Å². The Kier molecular flexibility index (Phi) is 8.17. The van der Waals surface area contributed by atoms with E-state index in [1.165, 1.54) is 33.5 Å². The fourth-order valence-corrected chi connectivity index (χ4v) is 7.92. The van der Waals surface area contributed by atoms with Crippen LogP contribution in [0, 0.1) is 11.8 Å². The average Bonchev–Trinajstić information content (AvgIpc) is 3.21. The van der Waals surface area contributed by atoms with Gasteiger partial charge in [0.2, 0.25) is 0 Å². The van der Waals surface area contributed by atoms with Crippen molar-refractivity contribution < 1.29 is 0 Å². The summed E-state index contributed by atoms with van der Waals surface area (Å²) in [6.07, 6.45) is 34.2. The molecule has 0 bridgehead atoms. The van der Waals surface area contributed by atoms with Crippen molar-refractivity contribution in [3.63, 3.8) is 0 Å². The topological polar surface area (TPSA) is 62.2 Å². The first-order chi connectivity index (χ1) is 24.8. The van der Waals surface area contributed by atoms with Gasteiger partial charge in [0.1, 0.15) is 6.04 Å². The monoisotopic (exact) mass is 651 g/mol. The molecule has 2 aromatic carbocycles. The third-order valence-electron chi connectivity index (χ3n) is 10.6. The quantitative estimate of drug-likeness (QED) is 0.279. The molecule has 0 saturated heterocycles. The lowest BCUT2D eigenvalue weighted by Gasteiger charge is -2.38. The number of dihydropyridines is 2. The second-order valence-corrected chi connectivity index (χ2v) is 13.8. The van der Waals surface area contributed by atoms with Crippen LogP contribution in [-0.4, -0.2) is 21.7 Å². The van der Waals surface area contributed by atoms with Crippen molar-refractivity contribution in [2.75, 3.05) is 0 Å². The molecule has 246 valence electrons. The highest BCUT2D eigenvalue weighted by atomic mass is 15.0. The normalized spacial score (nSPS) is 26.5. The van der Waals surface area contributed by atoms with Crippen LogP contribution in [0.15, 0.2) is 162 Å². The van der Waals surface area contributed by atoms with Crippen LogP contribution in [0.2, 0.25) is 0 Å². The minimum atomic E-state index is -0.0161. The molecule has 3 aromatic rings. The van der Waals surface area contributed by atoms with Gasteiger partial charge in [0.05, 0.1) is 23.5 Å².